The minimum absolute atomic E-state index is 0.125. The first-order chi connectivity index (χ1) is 6.40. The molecule has 1 saturated carbocycles. The van der Waals surface area contributed by atoms with Gasteiger partial charge in [-0.1, -0.05) is 32.5 Å². The number of ether oxygens (including phenoxy) is 1. The summed E-state index contributed by atoms with van der Waals surface area (Å²) in [5.41, 5.74) is 3.33. The summed E-state index contributed by atoms with van der Waals surface area (Å²) in [5.74, 6) is 4.02. The van der Waals surface area contributed by atoms with Crippen LogP contribution in [-0.2, 0) is 4.74 Å². The first kappa shape index (κ1) is 11.8. The van der Waals surface area contributed by atoms with E-state index in [2.05, 4.69) is 38.0 Å². The maximum absolute atomic E-state index is 5.66. The SMILES string of the molecule is CO[C@]1(C#C[Si](C)(C)C)CCC[C@H]1C. The van der Waals surface area contributed by atoms with Crippen molar-refractivity contribution in [3.63, 3.8) is 0 Å². The predicted octanol–water partition coefficient (Wildman–Crippen LogP) is 3.07. The van der Waals surface area contributed by atoms with Crippen molar-refractivity contribution in [1.82, 2.24) is 0 Å². The quantitative estimate of drug-likeness (QED) is 0.477. The van der Waals surface area contributed by atoms with Crippen LogP contribution in [0.3, 0.4) is 0 Å². The molecule has 1 nitrogen and oxygen atoms in total. The lowest BCUT2D eigenvalue weighted by Gasteiger charge is -2.27. The Kier molecular flexibility index (Phi) is 3.44. The molecule has 1 rings (SSSR count). The van der Waals surface area contributed by atoms with Gasteiger partial charge in [0.05, 0.1) is 0 Å². The van der Waals surface area contributed by atoms with Gasteiger partial charge in [0, 0.05) is 7.11 Å². The molecule has 2 heteroatoms. The molecule has 1 aliphatic rings. The molecular weight excluding hydrogens is 188 g/mol. The van der Waals surface area contributed by atoms with Gasteiger partial charge in [0.2, 0.25) is 0 Å². The number of hydrogen-bond donors (Lipinski definition) is 0. The Labute approximate surface area is 89.2 Å². The van der Waals surface area contributed by atoms with Gasteiger partial charge in [-0.2, -0.15) is 0 Å². The standard InChI is InChI=1S/C12H22OSi/c1-11-7-6-8-12(11,13-2)9-10-14(3,4)5/h11H,6-8H2,1-5H3/t11-,12+/m1/s1. The van der Waals surface area contributed by atoms with Crippen LogP contribution in [0.4, 0.5) is 0 Å². The summed E-state index contributed by atoms with van der Waals surface area (Å²) in [6.45, 7) is 9.10. The van der Waals surface area contributed by atoms with Crippen molar-refractivity contribution in [2.45, 2.75) is 51.4 Å². The fraction of sp³-hybridized carbons (Fsp3) is 0.833. The maximum Gasteiger partial charge on any atom is 0.130 e. The molecule has 0 aromatic rings. The highest BCUT2D eigenvalue weighted by molar-refractivity contribution is 6.83. The molecule has 0 spiro atoms. The number of rotatable bonds is 1. The van der Waals surface area contributed by atoms with Crippen molar-refractivity contribution in [1.29, 1.82) is 0 Å². The van der Waals surface area contributed by atoms with E-state index < -0.39 is 8.07 Å². The molecule has 0 aromatic heterocycles. The third kappa shape index (κ3) is 2.62. The summed E-state index contributed by atoms with van der Waals surface area (Å²) in [5, 5.41) is 0. The van der Waals surface area contributed by atoms with Crippen LogP contribution in [0, 0.1) is 17.4 Å². The normalized spacial score (nSPS) is 32.5. The molecule has 0 aliphatic heterocycles. The molecule has 2 atom stereocenters. The van der Waals surface area contributed by atoms with Crippen LogP contribution < -0.4 is 0 Å². The fourth-order valence-electron chi connectivity index (χ4n) is 1.98. The zero-order chi connectivity index (χ0) is 10.8. The van der Waals surface area contributed by atoms with Crippen LogP contribution in [-0.4, -0.2) is 20.8 Å². The van der Waals surface area contributed by atoms with Gasteiger partial charge in [0.1, 0.15) is 13.7 Å². The molecule has 0 radical (unpaired) electrons. The third-order valence-corrected chi connectivity index (χ3v) is 3.87. The van der Waals surface area contributed by atoms with Crippen molar-refractivity contribution in [2.24, 2.45) is 5.92 Å². The van der Waals surface area contributed by atoms with Crippen molar-refractivity contribution in [2.75, 3.05) is 7.11 Å². The molecule has 0 saturated heterocycles. The van der Waals surface area contributed by atoms with Gasteiger partial charge < -0.3 is 4.74 Å². The molecule has 1 aliphatic carbocycles. The lowest BCUT2D eigenvalue weighted by Crippen LogP contribution is -2.33. The predicted molar refractivity (Wildman–Crippen MR) is 63.9 cm³/mol. The van der Waals surface area contributed by atoms with E-state index in [1.807, 2.05) is 0 Å². The van der Waals surface area contributed by atoms with Crippen LogP contribution in [0.5, 0.6) is 0 Å². The van der Waals surface area contributed by atoms with E-state index in [4.69, 9.17) is 4.74 Å². The van der Waals surface area contributed by atoms with Gasteiger partial charge in [-0.15, -0.1) is 5.54 Å². The molecule has 0 amide bonds. The second kappa shape index (κ2) is 4.08. The van der Waals surface area contributed by atoms with Crippen molar-refractivity contribution >= 4 is 8.07 Å². The van der Waals surface area contributed by atoms with E-state index in [0.29, 0.717) is 5.92 Å². The average molecular weight is 210 g/mol. The second-order valence-electron chi connectivity index (χ2n) is 5.39. The first-order valence-corrected chi connectivity index (χ1v) is 8.99. The lowest BCUT2D eigenvalue weighted by atomic mass is 9.93. The molecule has 1 fully saturated rings. The Morgan fingerprint density at radius 1 is 1.36 bits per heavy atom. The van der Waals surface area contributed by atoms with Crippen LogP contribution in [0.15, 0.2) is 0 Å². The molecule has 0 unspecified atom stereocenters. The zero-order valence-electron chi connectivity index (χ0n) is 10.1. The van der Waals surface area contributed by atoms with E-state index in [-0.39, 0.29) is 5.60 Å². The largest absolute Gasteiger partial charge is 0.365 e. The Bertz CT molecular complexity index is 256. The summed E-state index contributed by atoms with van der Waals surface area (Å²) in [6.07, 6.45) is 3.63. The van der Waals surface area contributed by atoms with E-state index in [9.17, 15) is 0 Å². The average Bonchev–Trinajstić information content (AvgIpc) is 2.43. The van der Waals surface area contributed by atoms with Gasteiger partial charge in [0.25, 0.3) is 0 Å². The number of methoxy groups -OCH3 is 1. The van der Waals surface area contributed by atoms with E-state index in [1.165, 1.54) is 12.8 Å². The molecule has 0 heterocycles. The monoisotopic (exact) mass is 210 g/mol. The molecule has 14 heavy (non-hydrogen) atoms. The molecule has 0 N–H and O–H groups in total. The minimum atomic E-state index is -1.26. The van der Waals surface area contributed by atoms with Crippen molar-refractivity contribution in [3.8, 4) is 11.5 Å². The van der Waals surface area contributed by atoms with Crippen molar-refractivity contribution < 1.29 is 4.74 Å². The second-order valence-corrected chi connectivity index (χ2v) is 10.1. The van der Waals surface area contributed by atoms with Crippen molar-refractivity contribution in [3.05, 3.63) is 0 Å². The van der Waals surface area contributed by atoms with Crippen LogP contribution in [0.25, 0.3) is 0 Å². The van der Waals surface area contributed by atoms with Gasteiger partial charge in [-0.05, 0) is 25.2 Å². The molecular formula is C12H22OSi. The Hall–Kier alpha value is -0.263. The van der Waals surface area contributed by atoms with Crippen LogP contribution in [0.2, 0.25) is 19.6 Å². The van der Waals surface area contributed by atoms with Gasteiger partial charge in [-0.25, -0.2) is 0 Å². The van der Waals surface area contributed by atoms with E-state index in [0.717, 1.165) is 6.42 Å². The van der Waals surface area contributed by atoms with E-state index >= 15 is 0 Å². The smallest absolute Gasteiger partial charge is 0.130 e. The fourth-order valence-corrected chi connectivity index (χ4v) is 2.57. The highest BCUT2D eigenvalue weighted by Gasteiger charge is 2.39. The third-order valence-electron chi connectivity index (χ3n) is 2.99. The summed E-state index contributed by atoms with van der Waals surface area (Å²) >= 11 is 0. The Balaban J connectivity index is 2.85. The van der Waals surface area contributed by atoms with Crippen LogP contribution in [0.1, 0.15) is 26.2 Å². The van der Waals surface area contributed by atoms with Crippen LogP contribution >= 0.6 is 0 Å². The summed E-state index contributed by atoms with van der Waals surface area (Å²) in [7, 11) is 0.548. The molecule has 0 bridgehead atoms. The maximum atomic E-state index is 5.66. The summed E-state index contributed by atoms with van der Waals surface area (Å²) in [6, 6.07) is 0. The number of hydrogen-bond acceptors (Lipinski definition) is 1. The van der Waals surface area contributed by atoms with E-state index in [1.54, 1.807) is 7.11 Å². The summed E-state index contributed by atoms with van der Waals surface area (Å²) < 4.78 is 5.66. The topological polar surface area (TPSA) is 9.23 Å². The molecule has 0 aromatic carbocycles. The minimum Gasteiger partial charge on any atom is -0.365 e. The highest BCUT2D eigenvalue weighted by Crippen LogP contribution is 2.37. The Morgan fingerprint density at radius 3 is 2.36 bits per heavy atom. The first-order valence-electron chi connectivity index (χ1n) is 5.49. The van der Waals surface area contributed by atoms with Gasteiger partial charge >= 0.3 is 0 Å². The molecule has 80 valence electrons. The van der Waals surface area contributed by atoms with Gasteiger partial charge in [0.15, 0.2) is 0 Å². The van der Waals surface area contributed by atoms with Gasteiger partial charge in [-0.3, -0.25) is 0 Å². The Morgan fingerprint density at radius 2 is 2.00 bits per heavy atom. The highest BCUT2D eigenvalue weighted by atomic mass is 28.3. The lowest BCUT2D eigenvalue weighted by molar-refractivity contribution is 0.0151. The summed E-state index contributed by atoms with van der Waals surface area (Å²) in [4.78, 5) is 0. The zero-order valence-corrected chi connectivity index (χ0v) is 11.1.